The van der Waals surface area contributed by atoms with E-state index in [1.54, 1.807) is 58.0 Å². The van der Waals surface area contributed by atoms with Crippen LogP contribution >= 0.6 is 11.6 Å². The molecule has 0 fully saturated rings. The molecule has 0 atom stereocenters. The largest absolute Gasteiger partial charge is 0.443 e. The van der Waals surface area contributed by atoms with E-state index in [0.717, 1.165) is 0 Å². The average Bonchev–Trinajstić information content (AvgIpc) is 2.96. The Morgan fingerprint density at radius 2 is 1.85 bits per heavy atom. The molecule has 1 aromatic carbocycles. The first-order chi connectivity index (χ1) is 12.2. The fourth-order valence-corrected chi connectivity index (χ4v) is 2.00. The molecule has 2 rings (SSSR count). The van der Waals surface area contributed by atoms with Crippen LogP contribution in [0.3, 0.4) is 0 Å². The summed E-state index contributed by atoms with van der Waals surface area (Å²) in [7, 11) is 0. The fourth-order valence-electron chi connectivity index (χ4n) is 1.87. The molecule has 26 heavy (non-hydrogen) atoms. The molecule has 2 N–H and O–H groups in total. The summed E-state index contributed by atoms with van der Waals surface area (Å²) in [5, 5.41) is 11.7. The van der Waals surface area contributed by atoms with Gasteiger partial charge in [-0.1, -0.05) is 23.7 Å². The van der Waals surface area contributed by atoms with E-state index in [9.17, 15) is 9.59 Å². The molecule has 0 aliphatic heterocycles. The number of hydrazine groups is 1. The van der Waals surface area contributed by atoms with Crippen molar-refractivity contribution in [3.05, 3.63) is 40.7 Å². The highest BCUT2D eigenvalue weighted by Gasteiger charge is 2.19. The number of halogens is 1. The van der Waals surface area contributed by atoms with Gasteiger partial charge in [0.1, 0.15) is 11.3 Å². The number of nitrogens with zero attached hydrogens (tertiary/aromatic N) is 4. The van der Waals surface area contributed by atoms with Gasteiger partial charge in [0.25, 0.3) is 5.91 Å². The highest BCUT2D eigenvalue weighted by Crippen LogP contribution is 2.15. The van der Waals surface area contributed by atoms with Crippen LogP contribution in [0.2, 0.25) is 5.02 Å². The van der Waals surface area contributed by atoms with E-state index in [2.05, 4.69) is 26.4 Å². The van der Waals surface area contributed by atoms with Crippen LogP contribution in [0, 0.1) is 6.92 Å². The van der Waals surface area contributed by atoms with Crippen LogP contribution in [0.15, 0.2) is 24.3 Å². The van der Waals surface area contributed by atoms with Crippen molar-refractivity contribution in [2.75, 3.05) is 0 Å². The number of carbonyl (C=O) groups excluding carboxylic acids is 2. The third kappa shape index (κ3) is 5.55. The predicted octanol–water partition coefficient (Wildman–Crippen LogP) is 2.19. The zero-order valence-corrected chi connectivity index (χ0v) is 15.5. The minimum absolute atomic E-state index is 0.103. The number of aromatic nitrogens is 4. The predicted molar refractivity (Wildman–Crippen MR) is 95.7 cm³/mol. The molecule has 0 radical (unpaired) electrons. The lowest BCUT2D eigenvalue weighted by Gasteiger charge is -2.20. The van der Waals surface area contributed by atoms with Gasteiger partial charge >= 0.3 is 6.09 Å². The number of benzene rings is 1. The van der Waals surface area contributed by atoms with Crippen molar-refractivity contribution in [2.45, 2.75) is 33.3 Å². The van der Waals surface area contributed by atoms with Gasteiger partial charge in [0, 0.05) is 5.02 Å². The second-order valence-corrected chi connectivity index (χ2v) is 6.74. The van der Waals surface area contributed by atoms with Gasteiger partial charge in [0.05, 0.1) is 0 Å². The molecule has 1 aromatic heterocycles. The lowest BCUT2D eigenvalue weighted by Crippen LogP contribution is -2.45. The van der Waals surface area contributed by atoms with Crippen molar-refractivity contribution in [1.82, 2.24) is 31.1 Å². The fraction of sp³-hybridized carbons (Fsp3) is 0.312. The molecule has 9 nitrogen and oxygen atoms in total. The van der Waals surface area contributed by atoms with Gasteiger partial charge < -0.3 is 4.74 Å². The van der Waals surface area contributed by atoms with E-state index >= 15 is 0 Å². The number of rotatable bonds is 3. The SMILES string of the molecule is Cc1nnnn1/C(=C\c1ccc(Cl)cc1)C(=O)NNC(=O)OC(C)(C)C. The van der Waals surface area contributed by atoms with Crippen LogP contribution in [0.4, 0.5) is 4.79 Å². The summed E-state index contributed by atoms with van der Waals surface area (Å²) in [4.78, 5) is 24.2. The maximum Gasteiger partial charge on any atom is 0.426 e. The first-order valence-electron chi connectivity index (χ1n) is 7.68. The number of hydrogen-bond acceptors (Lipinski definition) is 6. The number of carbonyl (C=O) groups is 2. The molecule has 1 heterocycles. The van der Waals surface area contributed by atoms with Crippen LogP contribution in [0.25, 0.3) is 11.8 Å². The zero-order valence-electron chi connectivity index (χ0n) is 14.8. The molecule has 0 bridgehead atoms. The standard InChI is InChI=1S/C16H19ClN6O3/c1-10-18-21-22-23(10)13(9-11-5-7-12(17)8-6-11)14(24)19-20-15(25)26-16(2,3)4/h5-9H,1-4H3,(H,19,24)(H,20,25)/b13-9-. The average molecular weight is 379 g/mol. The Bertz CT molecular complexity index is 823. The van der Waals surface area contributed by atoms with Gasteiger partial charge in [-0.3, -0.25) is 10.2 Å². The van der Waals surface area contributed by atoms with Gasteiger partial charge in [-0.15, -0.1) is 5.10 Å². The lowest BCUT2D eigenvalue weighted by molar-refractivity contribution is -0.117. The van der Waals surface area contributed by atoms with Gasteiger partial charge in [-0.05, 0) is 61.9 Å². The van der Waals surface area contributed by atoms with E-state index in [1.165, 1.54) is 4.68 Å². The number of amides is 2. The van der Waals surface area contributed by atoms with Crippen LogP contribution < -0.4 is 10.9 Å². The van der Waals surface area contributed by atoms with Gasteiger partial charge in [0.15, 0.2) is 5.82 Å². The van der Waals surface area contributed by atoms with Crippen molar-refractivity contribution in [3.63, 3.8) is 0 Å². The molecule has 0 saturated carbocycles. The zero-order chi connectivity index (χ0) is 19.3. The normalized spacial score (nSPS) is 11.8. The van der Waals surface area contributed by atoms with Gasteiger partial charge in [-0.2, -0.15) is 4.68 Å². The Balaban J connectivity index is 2.21. The molecular weight excluding hydrogens is 360 g/mol. The van der Waals surface area contributed by atoms with E-state index in [-0.39, 0.29) is 5.70 Å². The summed E-state index contributed by atoms with van der Waals surface area (Å²) in [5.74, 6) is -0.223. The molecule has 0 aliphatic carbocycles. The maximum atomic E-state index is 12.5. The number of tetrazole rings is 1. The summed E-state index contributed by atoms with van der Waals surface area (Å²) < 4.78 is 6.32. The monoisotopic (exact) mass is 378 g/mol. The Hall–Kier alpha value is -2.94. The summed E-state index contributed by atoms with van der Waals surface area (Å²) in [6.07, 6.45) is 0.774. The van der Waals surface area contributed by atoms with Gasteiger partial charge in [0.2, 0.25) is 0 Å². The molecule has 10 heteroatoms. The lowest BCUT2D eigenvalue weighted by atomic mass is 10.2. The van der Waals surface area contributed by atoms with Crippen molar-refractivity contribution in [3.8, 4) is 0 Å². The number of nitrogens with one attached hydrogen (secondary N) is 2. The van der Waals surface area contributed by atoms with Crippen molar-refractivity contribution in [1.29, 1.82) is 0 Å². The Kier molecular flexibility index (Phi) is 5.93. The van der Waals surface area contributed by atoms with Crippen LogP contribution in [0.5, 0.6) is 0 Å². The quantitative estimate of drug-likeness (QED) is 0.625. The Morgan fingerprint density at radius 3 is 2.38 bits per heavy atom. The van der Waals surface area contributed by atoms with E-state index < -0.39 is 17.6 Å². The topological polar surface area (TPSA) is 111 Å². The molecule has 2 amide bonds. The van der Waals surface area contributed by atoms with Crippen LogP contribution in [-0.4, -0.2) is 37.8 Å². The van der Waals surface area contributed by atoms with E-state index in [0.29, 0.717) is 16.4 Å². The minimum Gasteiger partial charge on any atom is -0.443 e. The Labute approximate surface area is 155 Å². The molecule has 0 unspecified atom stereocenters. The maximum absolute atomic E-state index is 12.5. The van der Waals surface area contributed by atoms with Crippen LogP contribution in [-0.2, 0) is 9.53 Å². The molecule has 2 aromatic rings. The molecule has 0 spiro atoms. The number of ether oxygens (including phenoxy) is 1. The molecule has 138 valence electrons. The minimum atomic E-state index is -0.787. The number of aryl methyl sites for hydroxylation is 1. The van der Waals surface area contributed by atoms with Crippen molar-refractivity contribution >= 4 is 35.4 Å². The summed E-state index contributed by atoms with van der Waals surface area (Å²) in [6, 6.07) is 6.84. The summed E-state index contributed by atoms with van der Waals surface area (Å²) in [5.41, 5.74) is 4.58. The third-order valence-electron chi connectivity index (χ3n) is 2.94. The molecule has 0 aliphatic rings. The van der Waals surface area contributed by atoms with Crippen LogP contribution in [0.1, 0.15) is 32.2 Å². The van der Waals surface area contributed by atoms with Crippen molar-refractivity contribution in [2.24, 2.45) is 0 Å². The first-order valence-corrected chi connectivity index (χ1v) is 8.05. The third-order valence-corrected chi connectivity index (χ3v) is 3.19. The van der Waals surface area contributed by atoms with E-state index in [4.69, 9.17) is 16.3 Å². The number of hydrogen-bond donors (Lipinski definition) is 2. The molecule has 0 saturated heterocycles. The summed E-state index contributed by atoms with van der Waals surface area (Å²) >= 11 is 5.87. The second-order valence-electron chi connectivity index (χ2n) is 6.30. The van der Waals surface area contributed by atoms with E-state index in [1.807, 2.05) is 0 Å². The van der Waals surface area contributed by atoms with Crippen molar-refractivity contribution < 1.29 is 14.3 Å². The Morgan fingerprint density at radius 1 is 1.19 bits per heavy atom. The smallest absolute Gasteiger partial charge is 0.426 e. The second kappa shape index (κ2) is 7.96. The van der Waals surface area contributed by atoms with Gasteiger partial charge in [-0.25, -0.2) is 10.2 Å². The highest BCUT2D eigenvalue weighted by atomic mass is 35.5. The summed E-state index contributed by atoms with van der Waals surface area (Å²) in [6.45, 7) is 6.78. The first kappa shape index (κ1) is 19.4. The molecular formula is C16H19ClN6O3. The highest BCUT2D eigenvalue weighted by molar-refractivity contribution is 6.30.